The van der Waals surface area contributed by atoms with Crippen LogP contribution in [-0.4, -0.2) is 43.0 Å². The molecule has 0 aliphatic carbocycles. The van der Waals surface area contributed by atoms with E-state index in [4.69, 9.17) is 16.3 Å². The van der Waals surface area contributed by atoms with Crippen molar-refractivity contribution in [3.63, 3.8) is 0 Å². The highest BCUT2D eigenvalue weighted by Gasteiger charge is 2.39. The molecule has 2 amide bonds. The van der Waals surface area contributed by atoms with Crippen LogP contribution in [0.2, 0.25) is 5.02 Å². The van der Waals surface area contributed by atoms with Crippen molar-refractivity contribution >= 4 is 23.4 Å². The Kier molecular flexibility index (Phi) is 8.13. The van der Waals surface area contributed by atoms with Crippen LogP contribution in [0.4, 0.5) is 13.2 Å². The van der Waals surface area contributed by atoms with Crippen LogP contribution in [-0.2, 0) is 6.18 Å². The zero-order chi connectivity index (χ0) is 25.8. The van der Waals surface area contributed by atoms with E-state index >= 15 is 0 Å². The van der Waals surface area contributed by atoms with Gasteiger partial charge < -0.3 is 15.0 Å². The molecule has 0 radical (unpaired) electrons. The number of ether oxygens (including phenoxy) is 1. The minimum Gasteiger partial charge on any atom is -0.493 e. The molecule has 2 heterocycles. The number of fused-ring (bicyclic) bond motifs is 1. The van der Waals surface area contributed by atoms with Crippen molar-refractivity contribution in [2.24, 2.45) is 5.41 Å². The molecule has 0 unspecified atom stereocenters. The number of alkyl halides is 3. The van der Waals surface area contributed by atoms with E-state index in [0.717, 1.165) is 38.2 Å². The van der Waals surface area contributed by atoms with Crippen LogP contribution in [0.3, 0.4) is 0 Å². The third kappa shape index (κ3) is 6.14. The Labute approximate surface area is 213 Å². The van der Waals surface area contributed by atoms with Gasteiger partial charge in [0.25, 0.3) is 11.8 Å². The molecule has 2 aromatic carbocycles. The second-order valence-corrected chi connectivity index (χ2v) is 10.1. The summed E-state index contributed by atoms with van der Waals surface area (Å²) in [6, 6.07) is 9.91. The van der Waals surface area contributed by atoms with Gasteiger partial charge in [-0.1, -0.05) is 43.0 Å². The van der Waals surface area contributed by atoms with Gasteiger partial charge in [0.1, 0.15) is 5.75 Å². The first-order chi connectivity index (χ1) is 17.2. The normalized spacial score (nSPS) is 19.2. The third-order valence-electron chi connectivity index (χ3n) is 7.24. The second-order valence-electron chi connectivity index (χ2n) is 9.67. The van der Waals surface area contributed by atoms with E-state index in [2.05, 4.69) is 5.32 Å². The summed E-state index contributed by atoms with van der Waals surface area (Å²) in [4.78, 5) is 27.6. The van der Waals surface area contributed by atoms with Crippen LogP contribution in [0.1, 0.15) is 71.2 Å². The van der Waals surface area contributed by atoms with Gasteiger partial charge in [-0.25, -0.2) is 0 Å². The summed E-state index contributed by atoms with van der Waals surface area (Å²) in [6.07, 6.45) is 1.35. The summed E-state index contributed by atoms with van der Waals surface area (Å²) >= 11 is 6.13. The number of nitrogens with one attached hydrogen (secondary N) is 1. The van der Waals surface area contributed by atoms with E-state index in [1.54, 1.807) is 18.2 Å². The summed E-state index contributed by atoms with van der Waals surface area (Å²) in [5.74, 6) is -0.384. The number of nitrogens with zero attached hydrogens (tertiary/aromatic N) is 1. The van der Waals surface area contributed by atoms with Crippen LogP contribution in [0.5, 0.6) is 5.75 Å². The number of hydrogen-bond donors (Lipinski definition) is 1. The van der Waals surface area contributed by atoms with Crippen molar-refractivity contribution in [1.29, 1.82) is 0 Å². The molecular formula is C27H30ClF3N2O3. The zero-order valence-corrected chi connectivity index (χ0v) is 20.8. The highest BCUT2D eigenvalue weighted by Crippen LogP contribution is 2.38. The first kappa shape index (κ1) is 26.3. The monoisotopic (exact) mass is 522 g/mol. The average Bonchev–Trinajstić information content (AvgIpc) is 2.87. The molecule has 1 fully saturated rings. The fourth-order valence-electron chi connectivity index (χ4n) is 5.09. The minimum absolute atomic E-state index is 0.233. The Morgan fingerprint density at radius 2 is 1.72 bits per heavy atom. The molecule has 2 aromatic rings. The highest BCUT2D eigenvalue weighted by molar-refractivity contribution is 6.31. The standard InChI is InChI=1S/C27H30ClF3N2O3/c28-19-9-10-23-21(17-19)24(34)32-18-26(11-5-1-2-6-16-36-23)12-14-33(15-13-26)25(35)20-7-3-4-8-22(20)27(29,30)31/h3-4,7-10,17H,1-2,5-6,11-16,18H2,(H,32,34). The largest absolute Gasteiger partial charge is 0.493 e. The molecule has 0 atom stereocenters. The van der Waals surface area contributed by atoms with Crippen molar-refractivity contribution in [3.05, 3.63) is 64.2 Å². The number of benzene rings is 2. The average molecular weight is 523 g/mol. The molecule has 2 aliphatic heterocycles. The van der Waals surface area contributed by atoms with Crippen molar-refractivity contribution in [1.82, 2.24) is 10.2 Å². The molecule has 1 spiro atoms. The lowest BCUT2D eigenvalue weighted by atomic mass is 9.74. The molecule has 0 saturated carbocycles. The summed E-state index contributed by atoms with van der Waals surface area (Å²) in [5, 5.41) is 3.48. The van der Waals surface area contributed by atoms with Gasteiger partial charge >= 0.3 is 6.18 Å². The van der Waals surface area contributed by atoms with Crippen LogP contribution in [0.25, 0.3) is 0 Å². The molecule has 194 valence electrons. The van der Waals surface area contributed by atoms with Crippen molar-refractivity contribution in [3.8, 4) is 5.75 Å². The first-order valence-corrected chi connectivity index (χ1v) is 12.7. The van der Waals surface area contributed by atoms with Gasteiger partial charge in [0, 0.05) is 24.7 Å². The molecule has 0 bridgehead atoms. The number of halogens is 4. The number of hydrogen-bond acceptors (Lipinski definition) is 3. The van der Waals surface area contributed by atoms with Gasteiger partial charge in [-0.2, -0.15) is 13.2 Å². The van der Waals surface area contributed by atoms with Crippen molar-refractivity contribution in [2.45, 2.75) is 51.1 Å². The van der Waals surface area contributed by atoms with Crippen molar-refractivity contribution in [2.75, 3.05) is 26.2 Å². The number of piperidine rings is 1. The molecular weight excluding hydrogens is 493 g/mol. The van der Waals surface area contributed by atoms with E-state index in [1.165, 1.54) is 23.1 Å². The maximum Gasteiger partial charge on any atom is 0.417 e. The smallest absolute Gasteiger partial charge is 0.417 e. The van der Waals surface area contributed by atoms with Crippen LogP contribution in [0, 0.1) is 5.41 Å². The highest BCUT2D eigenvalue weighted by atomic mass is 35.5. The van der Waals surface area contributed by atoms with Gasteiger partial charge in [0.15, 0.2) is 0 Å². The fourth-order valence-corrected chi connectivity index (χ4v) is 5.26. The van der Waals surface area contributed by atoms with Gasteiger partial charge in [-0.05, 0) is 61.4 Å². The maximum absolute atomic E-state index is 13.4. The number of carbonyl (C=O) groups is 2. The van der Waals surface area contributed by atoms with Crippen LogP contribution in [0.15, 0.2) is 42.5 Å². The number of carbonyl (C=O) groups excluding carboxylic acids is 2. The van der Waals surface area contributed by atoms with Crippen molar-refractivity contribution < 1.29 is 27.5 Å². The molecule has 9 heteroatoms. The SMILES string of the molecule is O=C1NCC2(CCCCCCOc3ccc(Cl)cc31)CCN(C(=O)c1ccccc1C(F)(F)F)CC2. The van der Waals surface area contributed by atoms with Gasteiger partial charge in [0.05, 0.1) is 23.3 Å². The van der Waals surface area contributed by atoms with E-state index in [0.29, 0.717) is 55.4 Å². The molecule has 5 nitrogen and oxygen atoms in total. The quantitative estimate of drug-likeness (QED) is 0.474. The number of rotatable bonds is 1. The van der Waals surface area contributed by atoms with Crippen LogP contribution < -0.4 is 10.1 Å². The molecule has 0 aromatic heterocycles. The molecule has 36 heavy (non-hydrogen) atoms. The summed E-state index contributed by atoms with van der Waals surface area (Å²) in [6.45, 7) is 1.61. The topological polar surface area (TPSA) is 58.6 Å². The predicted molar refractivity (Wildman–Crippen MR) is 131 cm³/mol. The summed E-state index contributed by atoms with van der Waals surface area (Å²) in [7, 11) is 0. The Balaban J connectivity index is 1.49. The number of amides is 2. The van der Waals surface area contributed by atoms with Gasteiger partial charge in [-0.3, -0.25) is 9.59 Å². The zero-order valence-electron chi connectivity index (χ0n) is 20.0. The van der Waals surface area contributed by atoms with E-state index in [9.17, 15) is 22.8 Å². The number of likely N-dealkylation sites (tertiary alicyclic amines) is 1. The molecule has 4 rings (SSSR count). The lowest BCUT2D eigenvalue weighted by Gasteiger charge is -2.42. The lowest BCUT2D eigenvalue weighted by Crippen LogP contribution is -2.48. The molecule has 1 N–H and O–H groups in total. The lowest BCUT2D eigenvalue weighted by molar-refractivity contribution is -0.138. The maximum atomic E-state index is 13.4. The Morgan fingerprint density at radius 1 is 1.00 bits per heavy atom. The Morgan fingerprint density at radius 3 is 2.47 bits per heavy atom. The summed E-state index contributed by atoms with van der Waals surface area (Å²) in [5.41, 5.74) is -1.08. The van der Waals surface area contributed by atoms with E-state index in [-0.39, 0.29) is 16.9 Å². The first-order valence-electron chi connectivity index (χ1n) is 12.3. The predicted octanol–water partition coefficient (Wildman–Crippen LogP) is 6.35. The van der Waals surface area contributed by atoms with Gasteiger partial charge in [0.2, 0.25) is 0 Å². The molecule has 2 aliphatic rings. The van der Waals surface area contributed by atoms with Crippen LogP contribution >= 0.6 is 11.6 Å². The molecule has 1 saturated heterocycles. The Bertz CT molecular complexity index is 1100. The second kappa shape index (κ2) is 11.1. The fraction of sp³-hybridized carbons (Fsp3) is 0.481. The van der Waals surface area contributed by atoms with E-state index in [1.807, 2.05) is 0 Å². The third-order valence-corrected chi connectivity index (χ3v) is 7.48. The Hall–Kier alpha value is -2.74. The van der Waals surface area contributed by atoms with Gasteiger partial charge in [-0.15, -0.1) is 0 Å². The summed E-state index contributed by atoms with van der Waals surface area (Å²) < 4.78 is 46.2. The van der Waals surface area contributed by atoms with E-state index < -0.39 is 17.6 Å². The minimum atomic E-state index is -4.59.